The van der Waals surface area contributed by atoms with Crippen LogP contribution in [0.5, 0.6) is 0 Å². The van der Waals surface area contributed by atoms with E-state index in [4.69, 9.17) is 0 Å². The Balaban J connectivity index is 2.63. The molecule has 3 aromatic heterocycles. The van der Waals surface area contributed by atoms with E-state index < -0.39 is 0 Å². The molecule has 0 spiro atoms. The summed E-state index contributed by atoms with van der Waals surface area (Å²) in [5.74, 6) is 0. The molecule has 0 saturated carbocycles. The SMILES string of the molecule is Cc1nnc2sc3c(I)ncnc3c2c1C. The van der Waals surface area contributed by atoms with Crippen LogP contribution in [-0.4, -0.2) is 20.2 Å². The predicted octanol–water partition coefficient (Wildman–Crippen LogP) is 2.86. The number of halogens is 1. The summed E-state index contributed by atoms with van der Waals surface area (Å²) in [6.45, 7) is 4.03. The first-order valence-electron chi connectivity index (χ1n) is 4.71. The molecule has 3 rings (SSSR count). The van der Waals surface area contributed by atoms with E-state index in [0.29, 0.717) is 0 Å². The molecule has 0 saturated heterocycles. The van der Waals surface area contributed by atoms with Crippen molar-refractivity contribution in [2.75, 3.05) is 0 Å². The number of hydrogen-bond donors (Lipinski definition) is 0. The molecule has 0 atom stereocenters. The second-order valence-corrected chi connectivity index (χ2v) is 5.56. The third kappa shape index (κ3) is 1.32. The summed E-state index contributed by atoms with van der Waals surface area (Å²) in [6, 6.07) is 0. The molecule has 0 aliphatic carbocycles. The second kappa shape index (κ2) is 3.56. The van der Waals surface area contributed by atoms with Crippen LogP contribution in [0.3, 0.4) is 0 Å². The van der Waals surface area contributed by atoms with Gasteiger partial charge in [-0.15, -0.1) is 16.4 Å². The van der Waals surface area contributed by atoms with Crippen LogP contribution >= 0.6 is 33.9 Å². The number of nitrogens with zero attached hydrogens (tertiary/aromatic N) is 4. The zero-order valence-corrected chi connectivity index (χ0v) is 11.6. The van der Waals surface area contributed by atoms with Gasteiger partial charge in [-0.3, -0.25) is 0 Å². The fourth-order valence-electron chi connectivity index (χ4n) is 1.65. The fourth-order valence-corrected chi connectivity index (χ4v) is 3.38. The lowest BCUT2D eigenvalue weighted by Crippen LogP contribution is -1.91. The lowest BCUT2D eigenvalue weighted by Gasteiger charge is -1.98. The van der Waals surface area contributed by atoms with Gasteiger partial charge in [-0.05, 0) is 42.0 Å². The smallest absolute Gasteiger partial charge is 0.149 e. The number of rotatable bonds is 0. The van der Waals surface area contributed by atoms with E-state index in [2.05, 4.69) is 49.7 Å². The number of aryl methyl sites for hydroxylation is 2. The maximum Gasteiger partial charge on any atom is 0.149 e. The highest BCUT2D eigenvalue weighted by Gasteiger charge is 2.14. The van der Waals surface area contributed by atoms with E-state index in [9.17, 15) is 0 Å². The molecule has 3 aromatic rings. The summed E-state index contributed by atoms with van der Waals surface area (Å²) in [7, 11) is 0. The highest BCUT2D eigenvalue weighted by Crippen LogP contribution is 2.34. The molecule has 80 valence electrons. The number of hydrogen-bond acceptors (Lipinski definition) is 5. The molecule has 0 fully saturated rings. The monoisotopic (exact) mass is 342 g/mol. The summed E-state index contributed by atoms with van der Waals surface area (Å²) in [4.78, 5) is 9.49. The molecule has 0 aromatic carbocycles. The van der Waals surface area contributed by atoms with Crippen LogP contribution in [0.2, 0.25) is 0 Å². The van der Waals surface area contributed by atoms with Gasteiger partial charge in [-0.2, -0.15) is 5.10 Å². The van der Waals surface area contributed by atoms with Crippen LogP contribution in [0.15, 0.2) is 6.33 Å². The maximum absolute atomic E-state index is 4.36. The first-order chi connectivity index (χ1) is 7.68. The van der Waals surface area contributed by atoms with Crippen molar-refractivity contribution in [3.05, 3.63) is 21.3 Å². The van der Waals surface area contributed by atoms with Crippen molar-refractivity contribution < 1.29 is 0 Å². The summed E-state index contributed by atoms with van der Waals surface area (Å²) in [6.07, 6.45) is 1.60. The van der Waals surface area contributed by atoms with Crippen LogP contribution in [-0.2, 0) is 0 Å². The van der Waals surface area contributed by atoms with Crippen molar-refractivity contribution in [1.82, 2.24) is 20.2 Å². The quantitative estimate of drug-likeness (QED) is 0.466. The summed E-state index contributed by atoms with van der Waals surface area (Å²) in [5.41, 5.74) is 3.11. The molecule has 0 radical (unpaired) electrons. The summed E-state index contributed by atoms with van der Waals surface area (Å²) >= 11 is 3.83. The molecule has 6 heteroatoms. The molecule has 0 amide bonds. The van der Waals surface area contributed by atoms with Crippen molar-refractivity contribution in [1.29, 1.82) is 0 Å². The summed E-state index contributed by atoms with van der Waals surface area (Å²) < 4.78 is 2.07. The number of aromatic nitrogens is 4. The standard InChI is InChI=1S/C10H7IN4S/c1-4-5(2)14-15-10-6(4)7-8(16-10)9(11)13-3-12-7/h3H,1-2H3. The molecular weight excluding hydrogens is 335 g/mol. The van der Waals surface area contributed by atoms with Crippen molar-refractivity contribution in [3.8, 4) is 0 Å². The van der Waals surface area contributed by atoms with Gasteiger partial charge in [0.1, 0.15) is 14.9 Å². The normalized spacial score (nSPS) is 11.4. The zero-order valence-electron chi connectivity index (χ0n) is 8.65. The second-order valence-electron chi connectivity index (χ2n) is 3.53. The fraction of sp³-hybridized carbons (Fsp3) is 0.200. The first kappa shape index (κ1) is 10.3. The average Bonchev–Trinajstić information content (AvgIpc) is 2.64. The van der Waals surface area contributed by atoms with E-state index in [1.165, 1.54) is 0 Å². The van der Waals surface area contributed by atoms with Gasteiger partial charge in [0.15, 0.2) is 0 Å². The molecular formula is C10H7IN4S. The van der Waals surface area contributed by atoms with Crippen molar-refractivity contribution in [2.24, 2.45) is 0 Å². The molecule has 3 heterocycles. The van der Waals surface area contributed by atoms with E-state index in [0.717, 1.165) is 35.4 Å². The lowest BCUT2D eigenvalue weighted by atomic mass is 10.1. The Morgan fingerprint density at radius 3 is 2.81 bits per heavy atom. The first-order valence-corrected chi connectivity index (χ1v) is 6.60. The minimum atomic E-state index is 0.941. The molecule has 0 unspecified atom stereocenters. The van der Waals surface area contributed by atoms with E-state index >= 15 is 0 Å². The van der Waals surface area contributed by atoms with Crippen molar-refractivity contribution >= 4 is 54.4 Å². The van der Waals surface area contributed by atoms with Gasteiger partial charge < -0.3 is 0 Å². The van der Waals surface area contributed by atoms with Crippen LogP contribution < -0.4 is 0 Å². The zero-order chi connectivity index (χ0) is 11.3. The average molecular weight is 342 g/mol. The van der Waals surface area contributed by atoms with Gasteiger partial charge in [0, 0.05) is 5.39 Å². The largest absolute Gasteiger partial charge is 0.235 e. The number of fused-ring (bicyclic) bond motifs is 3. The van der Waals surface area contributed by atoms with Crippen LogP contribution in [0.4, 0.5) is 0 Å². The van der Waals surface area contributed by atoms with Crippen LogP contribution in [0.1, 0.15) is 11.3 Å². The predicted molar refractivity (Wildman–Crippen MR) is 72.7 cm³/mol. The molecule has 0 N–H and O–H groups in total. The van der Waals surface area contributed by atoms with E-state index in [-0.39, 0.29) is 0 Å². The Morgan fingerprint density at radius 1 is 1.19 bits per heavy atom. The van der Waals surface area contributed by atoms with Gasteiger partial charge in [-0.1, -0.05) is 0 Å². The van der Waals surface area contributed by atoms with Gasteiger partial charge in [0.25, 0.3) is 0 Å². The Hall–Kier alpha value is -0.890. The van der Waals surface area contributed by atoms with Crippen LogP contribution in [0.25, 0.3) is 20.4 Å². The third-order valence-corrected chi connectivity index (χ3v) is 4.87. The molecule has 4 nitrogen and oxygen atoms in total. The Kier molecular flexibility index (Phi) is 2.28. The van der Waals surface area contributed by atoms with E-state index in [1.807, 2.05) is 6.92 Å². The Bertz CT molecular complexity index is 707. The molecule has 0 aliphatic rings. The van der Waals surface area contributed by atoms with Gasteiger partial charge >= 0.3 is 0 Å². The van der Waals surface area contributed by atoms with Crippen LogP contribution in [0, 0.1) is 17.5 Å². The molecule has 0 aliphatic heterocycles. The number of thiophene rings is 1. The summed E-state index contributed by atoms with van der Waals surface area (Å²) in [5, 5.41) is 9.48. The topological polar surface area (TPSA) is 51.6 Å². The van der Waals surface area contributed by atoms with Gasteiger partial charge in [-0.25, -0.2) is 9.97 Å². The van der Waals surface area contributed by atoms with Crippen molar-refractivity contribution in [3.63, 3.8) is 0 Å². The Labute approximate surface area is 109 Å². The molecule has 16 heavy (non-hydrogen) atoms. The third-order valence-electron chi connectivity index (χ3n) is 2.62. The highest BCUT2D eigenvalue weighted by molar-refractivity contribution is 14.1. The minimum Gasteiger partial charge on any atom is -0.235 e. The lowest BCUT2D eigenvalue weighted by molar-refractivity contribution is 1.01. The minimum absolute atomic E-state index is 0.941. The Morgan fingerprint density at radius 2 is 2.00 bits per heavy atom. The highest BCUT2D eigenvalue weighted by atomic mass is 127. The van der Waals surface area contributed by atoms with E-state index in [1.54, 1.807) is 17.7 Å². The maximum atomic E-state index is 4.36. The van der Waals surface area contributed by atoms with Gasteiger partial charge in [0.2, 0.25) is 0 Å². The molecule has 0 bridgehead atoms. The van der Waals surface area contributed by atoms with Crippen molar-refractivity contribution in [2.45, 2.75) is 13.8 Å². The van der Waals surface area contributed by atoms with Gasteiger partial charge in [0.05, 0.1) is 15.9 Å².